The fourth-order valence-electron chi connectivity index (χ4n) is 4.01. The van der Waals surface area contributed by atoms with Crippen LogP contribution in [0.3, 0.4) is 0 Å². The lowest BCUT2D eigenvalue weighted by molar-refractivity contribution is -0.135. The average Bonchev–Trinajstić information content (AvgIpc) is 3.27. The number of piperazine rings is 1. The molecule has 8 heteroatoms. The topological polar surface area (TPSA) is 81.2 Å². The van der Waals surface area contributed by atoms with Crippen LogP contribution in [-0.4, -0.2) is 85.5 Å². The number of rotatable bonds is 6. The van der Waals surface area contributed by atoms with E-state index in [-0.39, 0.29) is 23.5 Å². The SMILES string of the molecule is CC(C(=O)N1CCCC1)N1CCN(S(=O)(=O)c2ccc(C(C)(C)CO)cc2)CC1. The third-order valence-electron chi connectivity index (χ3n) is 6.26. The molecule has 3 rings (SSSR count). The number of likely N-dealkylation sites (tertiary alicyclic amines) is 1. The third kappa shape index (κ3) is 4.66. The van der Waals surface area contributed by atoms with Crippen molar-refractivity contribution in [1.29, 1.82) is 0 Å². The number of carbonyl (C=O) groups is 1. The Labute approximate surface area is 174 Å². The minimum atomic E-state index is -3.57. The number of carbonyl (C=O) groups excluding carboxylic acids is 1. The molecule has 1 aromatic carbocycles. The molecule has 7 nitrogen and oxygen atoms in total. The lowest BCUT2D eigenvalue weighted by atomic mass is 9.86. The van der Waals surface area contributed by atoms with E-state index in [0.717, 1.165) is 31.5 Å². The Balaban J connectivity index is 1.63. The number of nitrogens with zero attached hydrogens (tertiary/aromatic N) is 3. The number of sulfonamides is 1. The maximum Gasteiger partial charge on any atom is 0.243 e. The summed E-state index contributed by atoms with van der Waals surface area (Å²) in [5.74, 6) is 0.154. The molecule has 2 heterocycles. The van der Waals surface area contributed by atoms with Crippen LogP contribution in [0.4, 0.5) is 0 Å². The van der Waals surface area contributed by atoms with Gasteiger partial charge in [-0.05, 0) is 37.5 Å². The summed E-state index contributed by atoms with van der Waals surface area (Å²) in [6, 6.07) is 6.58. The van der Waals surface area contributed by atoms with Gasteiger partial charge in [-0.25, -0.2) is 8.42 Å². The Morgan fingerprint density at radius 3 is 2.10 bits per heavy atom. The fraction of sp³-hybridized carbons (Fsp3) is 0.667. The van der Waals surface area contributed by atoms with Crippen LogP contribution in [0.25, 0.3) is 0 Å². The average molecular weight is 424 g/mol. The van der Waals surface area contributed by atoms with Gasteiger partial charge < -0.3 is 10.0 Å². The van der Waals surface area contributed by atoms with Gasteiger partial charge in [0.25, 0.3) is 0 Å². The van der Waals surface area contributed by atoms with Gasteiger partial charge in [0.15, 0.2) is 0 Å². The maximum atomic E-state index is 13.0. The molecule has 162 valence electrons. The quantitative estimate of drug-likeness (QED) is 0.745. The number of aliphatic hydroxyl groups excluding tert-OH is 1. The number of benzene rings is 1. The van der Waals surface area contributed by atoms with E-state index in [0.29, 0.717) is 26.2 Å². The molecular weight excluding hydrogens is 390 g/mol. The van der Waals surface area contributed by atoms with E-state index in [1.54, 1.807) is 24.3 Å². The van der Waals surface area contributed by atoms with Crippen LogP contribution in [0.15, 0.2) is 29.2 Å². The van der Waals surface area contributed by atoms with E-state index < -0.39 is 15.4 Å². The lowest BCUT2D eigenvalue weighted by Gasteiger charge is -2.37. The predicted molar refractivity (Wildman–Crippen MR) is 112 cm³/mol. The summed E-state index contributed by atoms with van der Waals surface area (Å²) in [4.78, 5) is 16.9. The van der Waals surface area contributed by atoms with Gasteiger partial charge in [-0.3, -0.25) is 9.69 Å². The van der Waals surface area contributed by atoms with Crippen LogP contribution in [0.5, 0.6) is 0 Å². The highest BCUT2D eigenvalue weighted by Gasteiger charge is 2.34. The first-order valence-electron chi connectivity index (χ1n) is 10.4. The molecular formula is C21H33N3O4S. The van der Waals surface area contributed by atoms with Crippen LogP contribution in [0.1, 0.15) is 39.2 Å². The molecule has 2 saturated heterocycles. The van der Waals surface area contributed by atoms with Crippen LogP contribution >= 0.6 is 0 Å². The molecule has 2 aliphatic rings. The van der Waals surface area contributed by atoms with Crippen LogP contribution in [0.2, 0.25) is 0 Å². The van der Waals surface area contributed by atoms with Crippen molar-refractivity contribution in [1.82, 2.24) is 14.1 Å². The van der Waals surface area contributed by atoms with Crippen LogP contribution in [0, 0.1) is 0 Å². The number of hydrogen-bond acceptors (Lipinski definition) is 5. The van der Waals surface area contributed by atoms with Crippen molar-refractivity contribution in [3.05, 3.63) is 29.8 Å². The smallest absolute Gasteiger partial charge is 0.243 e. The first-order chi connectivity index (χ1) is 13.7. The minimum absolute atomic E-state index is 0.00457. The van der Waals surface area contributed by atoms with Crippen LogP contribution < -0.4 is 0 Å². The predicted octanol–water partition coefficient (Wildman–Crippen LogP) is 1.27. The van der Waals surface area contributed by atoms with Gasteiger partial charge >= 0.3 is 0 Å². The van der Waals surface area contributed by atoms with Gasteiger partial charge in [0.1, 0.15) is 0 Å². The monoisotopic (exact) mass is 423 g/mol. The highest BCUT2D eigenvalue weighted by Crippen LogP contribution is 2.25. The molecule has 1 amide bonds. The van der Waals surface area contributed by atoms with E-state index in [1.165, 1.54) is 4.31 Å². The van der Waals surface area contributed by atoms with Crippen molar-refractivity contribution >= 4 is 15.9 Å². The molecule has 2 fully saturated rings. The highest BCUT2D eigenvalue weighted by atomic mass is 32.2. The molecule has 0 saturated carbocycles. The molecule has 1 unspecified atom stereocenters. The second-order valence-corrected chi connectivity index (χ2v) is 10.7. The van der Waals surface area contributed by atoms with Crippen molar-refractivity contribution in [3.63, 3.8) is 0 Å². The molecule has 2 aliphatic heterocycles. The Morgan fingerprint density at radius 2 is 1.59 bits per heavy atom. The molecule has 0 aliphatic carbocycles. The number of hydrogen-bond donors (Lipinski definition) is 1. The van der Waals surface area contributed by atoms with Gasteiger partial charge in [0.2, 0.25) is 15.9 Å². The largest absolute Gasteiger partial charge is 0.395 e. The molecule has 0 spiro atoms. The van der Waals surface area contributed by atoms with Crippen molar-refractivity contribution in [2.75, 3.05) is 45.9 Å². The van der Waals surface area contributed by atoms with E-state index in [4.69, 9.17) is 0 Å². The Kier molecular flexibility index (Phi) is 6.67. The zero-order valence-corrected chi connectivity index (χ0v) is 18.5. The Bertz CT molecular complexity index is 809. The Morgan fingerprint density at radius 1 is 1.03 bits per heavy atom. The first-order valence-corrected chi connectivity index (χ1v) is 11.9. The summed E-state index contributed by atoms with van der Waals surface area (Å²) in [6.45, 7) is 9.28. The fourth-order valence-corrected chi connectivity index (χ4v) is 5.43. The second-order valence-electron chi connectivity index (χ2n) is 8.71. The molecule has 1 aromatic rings. The van der Waals surface area contributed by atoms with Crippen LogP contribution in [-0.2, 0) is 20.2 Å². The Hall–Kier alpha value is -1.48. The van der Waals surface area contributed by atoms with Gasteiger partial charge in [0, 0.05) is 44.7 Å². The zero-order valence-electron chi connectivity index (χ0n) is 17.7. The summed E-state index contributed by atoms with van der Waals surface area (Å²) in [6.07, 6.45) is 2.14. The van der Waals surface area contributed by atoms with Crippen molar-refractivity contribution < 1.29 is 18.3 Å². The number of aliphatic hydroxyl groups is 1. The summed E-state index contributed by atoms with van der Waals surface area (Å²) in [5.41, 5.74) is 0.490. The molecule has 0 radical (unpaired) electrons. The standard InChI is InChI=1S/C21H33N3O4S/c1-17(20(26)23-10-4-5-11-23)22-12-14-24(15-13-22)29(27,28)19-8-6-18(7-9-19)21(2,3)16-25/h6-9,17,25H,4-5,10-16H2,1-3H3. The number of amides is 1. The highest BCUT2D eigenvalue weighted by molar-refractivity contribution is 7.89. The van der Waals surface area contributed by atoms with Gasteiger partial charge in [-0.1, -0.05) is 26.0 Å². The second kappa shape index (κ2) is 8.71. The first kappa shape index (κ1) is 22.2. The molecule has 0 bridgehead atoms. The summed E-state index contributed by atoms with van der Waals surface area (Å²) >= 11 is 0. The van der Waals surface area contributed by atoms with Gasteiger partial charge in [-0.2, -0.15) is 4.31 Å². The van der Waals surface area contributed by atoms with Gasteiger partial charge in [0.05, 0.1) is 17.5 Å². The summed E-state index contributed by atoms with van der Waals surface area (Å²) in [7, 11) is -3.57. The normalized spacial score (nSPS) is 20.8. The van der Waals surface area contributed by atoms with E-state index in [9.17, 15) is 18.3 Å². The van der Waals surface area contributed by atoms with Crippen molar-refractivity contribution in [2.45, 2.75) is 50.0 Å². The van der Waals surface area contributed by atoms with E-state index in [1.807, 2.05) is 25.7 Å². The van der Waals surface area contributed by atoms with E-state index in [2.05, 4.69) is 4.90 Å². The third-order valence-corrected chi connectivity index (χ3v) is 8.18. The zero-order chi connectivity index (χ0) is 21.2. The molecule has 1 atom stereocenters. The van der Waals surface area contributed by atoms with Crippen molar-refractivity contribution in [2.24, 2.45) is 0 Å². The molecule has 0 aromatic heterocycles. The molecule has 29 heavy (non-hydrogen) atoms. The minimum Gasteiger partial charge on any atom is -0.395 e. The maximum absolute atomic E-state index is 13.0. The summed E-state index contributed by atoms with van der Waals surface area (Å²) < 4.78 is 27.5. The lowest BCUT2D eigenvalue weighted by Crippen LogP contribution is -2.55. The van der Waals surface area contributed by atoms with Gasteiger partial charge in [-0.15, -0.1) is 0 Å². The van der Waals surface area contributed by atoms with Crippen molar-refractivity contribution in [3.8, 4) is 0 Å². The summed E-state index contributed by atoms with van der Waals surface area (Å²) in [5, 5.41) is 9.50. The van der Waals surface area contributed by atoms with E-state index >= 15 is 0 Å². The molecule has 1 N–H and O–H groups in total.